The Labute approximate surface area is 195 Å². The van der Waals surface area contributed by atoms with Crippen LogP contribution in [0.5, 0.6) is 0 Å². The summed E-state index contributed by atoms with van der Waals surface area (Å²) in [5, 5.41) is 8.69. The van der Waals surface area contributed by atoms with E-state index in [4.69, 9.17) is 4.98 Å². The summed E-state index contributed by atoms with van der Waals surface area (Å²) in [4.78, 5) is 31.7. The summed E-state index contributed by atoms with van der Waals surface area (Å²) >= 11 is 3.17. The van der Waals surface area contributed by atoms with E-state index in [1.54, 1.807) is 28.7 Å². The number of hydrogen-bond acceptors (Lipinski definition) is 5. The van der Waals surface area contributed by atoms with Crippen LogP contribution in [0.15, 0.2) is 72.1 Å². The fourth-order valence-corrected chi connectivity index (χ4v) is 5.16. The molecule has 5 nitrogen and oxygen atoms in total. The summed E-state index contributed by atoms with van der Waals surface area (Å²) in [6.07, 6.45) is 0.258. The Hall–Kier alpha value is -3.29. The highest BCUT2D eigenvalue weighted by Crippen LogP contribution is 2.36. The number of rotatable bonds is 8. The molecule has 32 heavy (non-hydrogen) atoms. The molecule has 0 fully saturated rings. The van der Waals surface area contributed by atoms with Gasteiger partial charge in [0.25, 0.3) is 5.91 Å². The Balaban J connectivity index is 1.48. The van der Waals surface area contributed by atoms with Gasteiger partial charge in [-0.05, 0) is 36.1 Å². The summed E-state index contributed by atoms with van der Waals surface area (Å²) in [5.41, 5.74) is 3.39. The highest BCUT2D eigenvalue weighted by molar-refractivity contribution is 7.17. The minimum absolute atomic E-state index is 0.0746. The van der Waals surface area contributed by atoms with Crippen molar-refractivity contribution < 1.29 is 9.59 Å². The Morgan fingerprint density at radius 1 is 0.969 bits per heavy atom. The summed E-state index contributed by atoms with van der Waals surface area (Å²) < 4.78 is 0. The zero-order valence-corrected chi connectivity index (χ0v) is 19.3. The van der Waals surface area contributed by atoms with Crippen LogP contribution in [0.3, 0.4) is 0 Å². The number of amides is 2. The van der Waals surface area contributed by atoms with Gasteiger partial charge in [0.05, 0.1) is 17.0 Å². The Morgan fingerprint density at radius 2 is 1.81 bits per heavy atom. The fourth-order valence-electron chi connectivity index (χ4n) is 3.28. The van der Waals surface area contributed by atoms with E-state index < -0.39 is 0 Å². The lowest BCUT2D eigenvalue weighted by Crippen LogP contribution is -2.25. The summed E-state index contributed by atoms with van der Waals surface area (Å²) in [6, 6.07) is 21.4. The van der Waals surface area contributed by atoms with E-state index in [-0.39, 0.29) is 18.2 Å². The second kappa shape index (κ2) is 10.3. The average Bonchev–Trinajstić information content (AvgIpc) is 3.49. The molecule has 0 aliphatic carbocycles. The first-order valence-corrected chi connectivity index (χ1v) is 12.1. The van der Waals surface area contributed by atoms with Crippen molar-refractivity contribution in [1.29, 1.82) is 0 Å². The number of carbonyl (C=O) groups excluding carboxylic acids is 2. The molecular formula is C25H23N3O2S2. The first-order valence-electron chi connectivity index (χ1n) is 10.4. The maximum atomic E-state index is 12.8. The second-order valence-electron chi connectivity index (χ2n) is 7.15. The van der Waals surface area contributed by atoms with Crippen molar-refractivity contribution in [3.63, 3.8) is 0 Å². The molecule has 0 saturated carbocycles. The Morgan fingerprint density at radius 3 is 2.56 bits per heavy atom. The van der Waals surface area contributed by atoms with Crippen molar-refractivity contribution in [3.8, 4) is 21.1 Å². The lowest BCUT2D eigenvalue weighted by atomic mass is 10.1. The molecule has 4 aromatic rings. The van der Waals surface area contributed by atoms with Crippen molar-refractivity contribution in [1.82, 2.24) is 15.6 Å². The number of nitrogens with zero attached hydrogens (tertiary/aromatic N) is 1. The zero-order valence-electron chi connectivity index (χ0n) is 17.6. The standard InChI is InChI=1S/C25H23N3O2S2/c1-2-26-24(30)19-11-6-8-17(14-19)16-27-22(29)15-21-23(20-12-7-13-31-20)28-25(32-21)18-9-4-3-5-10-18/h3-14H,2,15-16H2,1H3,(H,26,30)(H,27,29). The second-order valence-corrected chi connectivity index (χ2v) is 9.18. The molecule has 2 aromatic heterocycles. The predicted molar refractivity (Wildman–Crippen MR) is 131 cm³/mol. The van der Waals surface area contributed by atoms with Gasteiger partial charge in [-0.15, -0.1) is 22.7 Å². The average molecular weight is 462 g/mol. The maximum Gasteiger partial charge on any atom is 0.251 e. The van der Waals surface area contributed by atoms with E-state index in [1.165, 1.54) is 0 Å². The van der Waals surface area contributed by atoms with Crippen LogP contribution in [0.4, 0.5) is 0 Å². The lowest BCUT2D eigenvalue weighted by Gasteiger charge is -2.07. The van der Waals surface area contributed by atoms with Crippen LogP contribution in [-0.2, 0) is 17.8 Å². The third kappa shape index (κ3) is 5.30. The van der Waals surface area contributed by atoms with Crippen LogP contribution in [0.1, 0.15) is 27.7 Å². The number of nitrogens with one attached hydrogen (secondary N) is 2. The first-order chi connectivity index (χ1) is 15.6. The highest BCUT2D eigenvalue weighted by atomic mass is 32.1. The van der Waals surface area contributed by atoms with Gasteiger partial charge in [-0.3, -0.25) is 9.59 Å². The van der Waals surface area contributed by atoms with E-state index >= 15 is 0 Å². The van der Waals surface area contributed by atoms with Crippen LogP contribution < -0.4 is 10.6 Å². The van der Waals surface area contributed by atoms with Crippen LogP contribution in [0, 0.1) is 0 Å². The van der Waals surface area contributed by atoms with E-state index in [1.807, 2.05) is 73.0 Å². The molecule has 2 amide bonds. The van der Waals surface area contributed by atoms with Crippen LogP contribution in [0.25, 0.3) is 21.1 Å². The normalized spacial score (nSPS) is 10.7. The number of hydrogen-bond donors (Lipinski definition) is 2. The molecule has 0 saturated heterocycles. The minimum atomic E-state index is -0.112. The van der Waals surface area contributed by atoms with Crippen LogP contribution >= 0.6 is 22.7 Å². The molecule has 162 valence electrons. The van der Waals surface area contributed by atoms with E-state index in [2.05, 4.69) is 10.6 Å². The third-order valence-corrected chi connectivity index (χ3v) is 6.79. The van der Waals surface area contributed by atoms with E-state index in [0.717, 1.165) is 31.6 Å². The molecule has 0 aliphatic rings. The predicted octanol–water partition coefficient (Wildman–Crippen LogP) is 5.15. The minimum Gasteiger partial charge on any atom is -0.352 e. The van der Waals surface area contributed by atoms with Crippen molar-refractivity contribution in [2.45, 2.75) is 19.9 Å². The van der Waals surface area contributed by atoms with Crippen LogP contribution in [-0.4, -0.2) is 23.3 Å². The molecule has 0 aliphatic heterocycles. The molecular weight excluding hydrogens is 438 g/mol. The molecule has 0 spiro atoms. The number of aromatic nitrogens is 1. The quantitative estimate of drug-likeness (QED) is 0.381. The molecule has 0 radical (unpaired) electrons. The molecule has 0 bridgehead atoms. The number of thiophene rings is 1. The largest absolute Gasteiger partial charge is 0.352 e. The van der Waals surface area contributed by atoms with Gasteiger partial charge in [-0.2, -0.15) is 0 Å². The van der Waals surface area contributed by atoms with Crippen molar-refractivity contribution in [2.75, 3.05) is 6.54 Å². The van der Waals surface area contributed by atoms with Gasteiger partial charge in [0, 0.05) is 29.1 Å². The SMILES string of the molecule is CCNC(=O)c1cccc(CNC(=O)Cc2sc(-c3ccccc3)nc2-c2cccs2)c1. The number of thiazole rings is 1. The van der Waals surface area contributed by atoms with Gasteiger partial charge < -0.3 is 10.6 Å². The molecule has 4 rings (SSSR count). The monoisotopic (exact) mass is 461 g/mol. The van der Waals surface area contributed by atoms with Gasteiger partial charge in [0.1, 0.15) is 5.01 Å². The first kappa shape index (κ1) is 21.9. The Kier molecular flexibility index (Phi) is 7.09. The van der Waals surface area contributed by atoms with Gasteiger partial charge in [0.2, 0.25) is 5.91 Å². The van der Waals surface area contributed by atoms with E-state index in [0.29, 0.717) is 18.7 Å². The summed E-state index contributed by atoms with van der Waals surface area (Å²) in [7, 11) is 0. The summed E-state index contributed by atoms with van der Waals surface area (Å²) in [5.74, 6) is -0.186. The maximum absolute atomic E-state index is 12.8. The molecule has 2 N–H and O–H groups in total. The zero-order chi connectivity index (χ0) is 22.3. The smallest absolute Gasteiger partial charge is 0.251 e. The fraction of sp³-hybridized carbons (Fsp3) is 0.160. The van der Waals surface area contributed by atoms with Crippen LogP contribution in [0.2, 0.25) is 0 Å². The molecule has 2 aromatic carbocycles. The highest BCUT2D eigenvalue weighted by Gasteiger charge is 2.18. The van der Waals surface area contributed by atoms with Crippen molar-refractivity contribution >= 4 is 34.5 Å². The third-order valence-electron chi connectivity index (χ3n) is 4.81. The molecule has 0 unspecified atom stereocenters. The Bertz CT molecular complexity index is 1200. The lowest BCUT2D eigenvalue weighted by molar-refractivity contribution is -0.120. The van der Waals surface area contributed by atoms with Crippen molar-refractivity contribution in [2.24, 2.45) is 0 Å². The van der Waals surface area contributed by atoms with Gasteiger partial charge in [-0.1, -0.05) is 48.5 Å². The molecule has 2 heterocycles. The van der Waals surface area contributed by atoms with E-state index in [9.17, 15) is 9.59 Å². The van der Waals surface area contributed by atoms with Gasteiger partial charge >= 0.3 is 0 Å². The van der Waals surface area contributed by atoms with Gasteiger partial charge in [-0.25, -0.2) is 4.98 Å². The molecule has 0 atom stereocenters. The summed E-state index contributed by atoms with van der Waals surface area (Å²) in [6.45, 7) is 2.83. The van der Waals surface area contributed by atoms with Gasteiger partial charge in [0.15, 0.2) is 0 Å². The molecule has 7 heteroatoms. The van der Waals surface area contributed by atoms with Crippen molar-refractivity contribution in [3.05, 3.63) is 88.1 Å². The number of carbonyl (C=O) groups is 2. The topological polar surface area (TPSA) is 71.1 Å². The number of benzene rings is 2.